The quantitative estimate of drug-likeness (QED) is 0.349. The summed E-state index contributed by atoms with van der Waals surface area (Å²) in [5.74, 6) is 2.38. The molecule has 0 bridgehead atoms. The lowest BCUT2D eigenvalue weighted by Gasteiger charge is -2.35. The molecule has 1 aromatic rings. The van der Waals surface area contributed by atoms with Gasteiger partial charge in [-0.1, -0.05) is 6.07 Å². The molecule has 0 atom stereocenters. The second-order valence-electron chi connectivity index (χ2n) is 6.89. The minimum Gasteiger partial charge on any atom is -0.493 e. The normalized spacial score (nSPS) is 16.0. The molecule has 0 spiro atoms. The summed E-state index contributed by atoms with van der Waals surface area (Å²) < 4.78 is 11.0. The van der Waals surface area contributed by atoms with Crippen molar-refractivity contribution in [3.63, 3.8) is 0 Å². The van der Waals surface area contributed by atoms with Gasteiger partial charge in [0.05, 0.1) is 13.7 Å². The van der Waals surface area contributed by atoms with Crippen molar-refractivity contribution in [1.82, 2.24) is 15.5 Å². The highest BCUT2D eigenvalue weighted by Gasteiger charge is 2.21. The monoisotopic (exact) mass is 490 g/mol. The van der Waals surface area contributed by atoms with Crippen molar-refractivity contribution in [1.29, 1.82) is 0 Å². The summed E-state index contributed by atoms with van der Waals surface area (Å²) in [6.45, 7) is 10.1. The van der Waals surface area contributed by atoms with Crippen LogP contribution in [0, 0.1) is 0 Å². The van der Waals surface area contributed by atoms with Gasteiger partial charge in [-0.2, -0.15) is 0 Å². The van der Waals surface area contributed by atoms with Crippen molar-refractivity contribution in [3.05, 3.63) is 23.8 Å². The number of ether oxygens (including phenoxy) is 2. The number of nitrogens with zero attached hydrogens (tertiary/aromatic N) is 2. The number of benzene rings is 1. The third-order valence-electron chi connectivity index (χ3n) is 4.81. The molecule has 7 heteroatoms. The molecule has 0 aliphatic carbocycles. The Hall–Kier alpha value is -1.22. The van der Waals surface area contributed by atoms with Gasteiger partial charge in [0.25, 0.3) is 0 Å². The zero-order valence-corrected chi connectivity index (χ0v) is 19.6. The van der Waals surface area contributed by atoms with Crippen molar-refractivity contribution in [2.75, 3.05) is 33.9 Å². The maximum Gasteiger partial charge on any atom is 0.191 e. The maximum atomic E-state index is 5.57. The van der Waals surface area contributed by atoms with Gasteiger partial charge in [-0.05, 0) is 51.3 Å². The lowest BCUT2D eigenvalue weighted by molar-refractivity contribution is 0.167. The van der Waals surface area contributed by atoms with Crippen LogP contribution in [-0.2, 0) is 6.54 Å². The van der Waals surface area contributed by atoms with E-state index in [0.717, 1.165) is 49.0 Å². The van der Waals surface area contributed by atoms with E-state index in [1.54, 1.807) is 7.11 Å². The smallest absolute Gasteiger partial charge is 0.191 e. The number of methoxy groups -OCH3 is 1. The Balaban J connectivity index is 0.00000364. The molecule has 1 heterocycles. The van der Waals surface area contributed by atoms with E-state index in [4.69, 9.17) is 9.47 Å². The summed E-state index contributed by atoms with van der Waals surface area (Å²) in [6.07, 6.45) is 2.30. The number of guanidine groups is 1. The predicted octanol–water partition coefficient (Wildman–Crippen LogP) is 3.25. The van der Waals surface area contributed by atoms with E-state index in [1.807, 2.05) is 26.1 Å². The minimum absolute atomic E-state index is 0. The fourth-order valence-electron chi connectivity index (χ4n) is 3.23. The van der Waals surface area contributed by atoms with Gasteiger partial charge in [-0.15, -0.1) is 24.0 Å². The van der Waals surface area contributed by atoms with Crippen LogP contribution in [0.2, 0.25) is 0 Å². The topological polar surface area (TPSA) is 58.1 Å². The van der Waals surface area contributed by atoms with Crippen LogP contribution in [0.1, 0.15) is 39.2 Å². The van der Waals surface area contributed by atoms with Crippen LogP contribution >= 0.6 is 24.0 Å². The van der Waals surface area contributed by atoms with Crippen LogP contribution in [0.4, 0.5) is 0 Å². The first kappa shape index (κ1) is 23.8. The number of rotatable bonds is 7. The SMILES string of the molecule is CCOc1ccc(CNC(=NC)NC2CCN(C(C)C)CC2)cc1OC.I. The van der Waals surface area contributed by atoms with Gasteiger partial charge in [0.2, 0.25) is 0 Å². The van der Waals surface area contributed by atoms with Crippen molar-refractivity contribution in [3.8, 4) is 11.5 Å². The highest BCUT2D eigenvalue weighted by Crippen LogP contribution is 2.27. The molecular formula is C20H35IN4O2. The number of nitrogens with one attached hydrogen (secondary N) is 2. The molecule has 0 aromatic heterocycles. The first-order valence-electron chi connectivity index (χ1n) is 9.58. The average Bonchev–Trinajstić information content (AvgIpc) is 2.66. The second-order valence-corrected chi connectivity index (χ2v) is 6.89. The van der Waals surface area contributed by atoms with Crippen LogP contribution < -0.4 is 20.1 Å². The molecule has 27 heavy (non-hydrogen) atoms. The summed E-state index contributed by atoms with van der Waals surface area (Å²) >= 11 is 0. The Morgan fingerprint density at radius 1 is 1.26 bits per heavy atom. The molecule has 1 fully saturated rings. The van der Waals surface area contributed by atoms with Gasteiger partial charge in [-0.3, -0.25) is 4.99 Å². The molecule has 1 saturated heterocycles. The molecule has 0 unspecified atom stereocenters. The first-order valence-corrected chi connectivity index (χ1v) is 9.58. The number of piperidine rings is 1. The van der Waals surface area contributed by atoms with E-state index < -0.39 is 0 Å². The van der Waals surface area contributed by atoms with E-state index in [0.29, 0.717) is 25.2 Å². The predicted molar refractivity (Wildman–Crippen MR) is 123 cm³/mol. The van der Waals surface area contributed by atoms with Crippen LogP contribution in [0.15, 0.2) is 23.2 Å². The summed E-state index contributed by atoms with van der Waals surface area (Å²) in [5.41, 5.74) is 1.13. The largest absolute Gasteiger partial charge is 0.493 e. The third kappa shape index (κ3) is 7.37. The standard InChI is InChI=1S/C20H34N4O2.HI/c1-6-26-18-8-7-16(13-19(18)25-5)14-22-20(21-4)23-17-9-11-24(12-10-17)15(2)3;/h7-8,13,15,17H,6,9-12,14H2,1-5H3,(H2,21,22,23);1H. The van der Waals surface area contributed by atoms with Gasteiger partial charge < -0.3 is 25.0 Å². The van der Waals surface area contributed by atoms with Gasteiger partial charge >= 0.3 is 0 Å². The van der Waals surface area contributed by atoms with E-state index >= 15 is 0 Å². The van der Waals surface area contributed by atoms with Crippen molar-refractivity contribution in [2.45, 2.75) is 52.2 Å². The van der Waals surface area contributed by atoms with E-state index in [2.05, 4.69) is 40.4 Å². The maximum absolute atomic E-state index is 5.57. The fourth-order valence-corrected chi connectivity index (χ4v) is 3.23. The molecule has 1 aromatic carbocycles. The number of hydrogen-bond acceptors (Lipinski definition) is 4. The highest BCUT2D eigenvalue weighted by molar-refractivity contribution is 14.0. The van der Waals surface area contributed by atoms with Crippen molar-refractivity contribution in [2.24, 2.45) is 4.99 Å². The van der Waals surface area contributed by atoms with E-state index in [1.165, 1.54) is 0 Å². The Kier molecular flexibility index (Phi) is 10.8. The zero-order valence-electron chi connectivity index (χ0n) is 17.2. The molecule has 0 saturated carbocycles. The Morgan fingerprint density at radius 3 is 2.52 bits per heavy atom. The summed E-state index contributed by atoms with van der Waals surface area (Å²) in [4.78, 5) is 6.89. The molecule has 0 radical (unpaired) electrons. The number of halogens is 1. The summed E-state index contributed by atoms with van der Waals surface area (Å²) in [5, 5.41) is 6.95. The molecular weight excluding hydrogens is 455 g/mol. The summed E-state index contributed by atoms with van der Waals surface area (Å²) in [7, 11) is 3.48. The van der Waals surface area contributed by atoms with Crippen LogP contribution in [0.3, 0.4) is 0 Å². The Bertz CT molecular complexity index is 587. The van der Waals surface area contributed by atoms with E-state index in [-0.39, 0.29) is 24.0 Å². The minimum atomic E-state index is 0. The average molecular weight is 490 g/mol. The summed E-state index contributed by atoms with van der Waals surface area (Å²) in [6, 6.07) is 7.12. The highest BCUT2D eigenvalue weighted by atomic mass is 127. The van der Waals surface area contributed by atoms with Crippen molar-refractivity contribution >= 4 is 29.9 Å². The van der Waals surface area contributed by atoms with Gasteiger partial charge in [0.1, 0.15) is 0 Å². The van der Waals surface area contributed by atoms with Gasteiger partial charge in [-0.25, -0.2) is 0 Å². The molecule has 0 amide bonds. The van der Waals surface area contributed by atoms with Crippen LogP contribution in [0.25, 0.3) is 0 Å². The van der Waals surface area contributed by atoms with Crippen LogP contribution in [-0.4, -0.2) is 56.8 Å². The van der Waals surface area contributed by atoms with Gasteiger partial charge in [0, 0.05) is 38.8 Å². The molecule has 1 aliphatic heterocycles. The molecule has 2 rings (SSSR count). The van der Waals surface area contributed by atoms with Crippen molar-refractivity contribution < 1.29 is 9.47 Å². The fraction of sp³-hybridized carbons (Fsp3) is 0.650. The molecule has 154 valence electrons. The lowest BCUT2D eigenvalue weighted by Crippen LogP contribution is -2.49. The Morgan fingerprint density at radius 2 is 1.96 bits per heavy atom. The number of hydrogen-bond donors (Lipinski definition) is 2. The van der Waals surface area contributed by atoms with E-state index in [9.17, 15) is 0 Å². The second kappa shape index (κ2) is 12.3. The van der Waals surface area contributed by atoms with Crippen LogP contribution in [0.5, 0.6) is 11.5 Å². The lowest BCUT2D eigenvalue weighted by atomic mass is 10.0. The number of likely N-dealkylation sites (tertiary alicyclic amines) is 1. The molecule has 1 aliphatic rings. The third-order valence-corrected chi connectivity index (χ3v) is 4.81. The number of aliphatic imine (C=N–C) groups is 1. The first-order chi connectivity index (χ1) is 12.6. The molecule has 2 N–H and O–H groups in total. The molecule has 6 nitrogen and oxygen atoms in total. The zero-order chi connectivity index (χ0) is 18.9. The van der Waals surface area contributed by atoms with Gasteiger partial charge in [0.15, 0.2) is 17.5 Å². The Labute approximate surface area is 181 Å².